The summed E-state index contributed by atoms with van der Waals surface area (Å²) >= 11 is 0. The van der Waals surface area contributed by atoms with Gasteiger partial charge < -0.3 is 25.6 Å². The third-order valence-electron chi connectivity index (χ3n) is 6.35. The van der Waals surface area contributed by atoms with Crippen molar-refractivity contribution in [3.63, 3.8) is 0 Å². The molecule has 5 rings (SSSR count). The number of nitrogens with one attached hydrogen (secondary N) is 2. The van der Waals surface area contributed by atoms with Gasteiger partial charge in [-0.15, -0.1) is 0 Å². The molecule has 34 heavy (non-hydrogen) atoms. The summed E-state index contributed by atoms with van der Waals surface area (Å²) in [5.41, 5.74) is 1.58. The fraction of sp³-hybridized carbons (Fsp3) is 0.280. The Bertz CT molecular complexity index is 1240. The Balaban J connectivity index is 1.44. The highest BCUT2D eigenvalue weighted by Crippen LogP contribution is 2.47. The largest absolute Gasteiger partial charge is 0.478 e. The number of aliphatic hydroxyl groups is 1. The lowest BCUT2D eigenvalue weighted by molar-refractivity contribution is -0.00634. The molecule has 0 radical (unpaired) electrons. The summed E-state index contributed by atoms with van der Waals surface area (Å²) in [6, 6.07) is 13.7. The van der Waals surface area contributed by atoms with E-state index in [0.717, 1.165) is 31.2 Å². The number of ether oxygens (including phenoxy) is 1. The van der Waals surface area contributed by atoms with Crippen LogP contribution >= 0.6 is 0 Å². The first-order valence-electron chi connectivity index (χ1n) is 11.2. The number of aliphatic hydroxyl groups excluding tert-OH is 1. The maximum absolute atomic E-state index is 12.3. The van der Waals surface area contributed by atoms with E-state index in [2.05, 4.69) is 20.6 Å². The maximum atomic E-state index is 12.3. The van der Waals surface area contributed by atoms with Crippen molar-refractivity contribution >= 4 is 29.3 Å². The van der Waals surface area contributed by atoms with Gasteiger partial charge in [0, 0.05) is 12.3 Å². The molecule has 0 amide bonds. The van der Waals surface area contributed by atoms with E-state index in [-0.39, 0.29) is 18.1 Å². The lowest BCUT2D eigenvalue weighted by Crippen LogP contribution is -2.23. The molecule has 1 aliphatic heterocycles. The predicted molar refractivity (Wildman–Crippen MR) is 124 cm³/mol. The Morgan fingerprint density at radius 2 is 1.88 bits per heavy atom. The number of aromatic carboxylic acids is 1. The van der Waals surface area contributed by atoms with Gasteiger partial charge in [-0.3, -0.25) is 0 Å². The molecule has 3 aromatic rings. The number of carbonyl (C=O) groups excluding carboxylic acids is 1. The molecule has 4 N–H and O–H groups in total. The SMILES string of the molecule is O=C(O)c1cnc(Nc2ccc3c(n2)C2(CCCC2)OC3=O)cc1NC(CO)c1ccccc1. The third-order valence-corrected chi connectivity index (χ3v) is 6.35. The van der Waals surface area contributed by atoms with Crippen LogP contribution in [0.1, 0.15) is 63.7 Å². The third kappa shape index (κ3) is 3.94. The standard InChI is InChI=1S/C25H24N4O5/c30-14-19(15-6-2-1-3-7-15)27-18-12-21(26-13-17(18)23(31)32)28-20-9-8-16-22(29-20)25(34-24(16)33)10-4-5-11-25/h1-3,6-9,12-13,19,30H,4-5,10-11,14H2,(H,31,32)(H2,26,27,28,29). The number of benzene rings is 1. The first-order chi connectivity index (χ1) is 16.5. The molecule has 0 saturated heterocycles. The Hall–Kier alpha value is -3.98. The van der Waals surface area contributed by atoms with Gasteiger partial charge in [-0.25, -0.2) is 19.6 Å². The van der Waals surface area contributed by atoms with E-state index in [0.29, 0.717) is 28.6 Å². The van der Waals surface area contributed by atoms with Crippen LogP contribution in [0.25, 0.3) is 0 Å². The van der Waals surface area contributed by atoms with Crippen LogP contribution in [0.15, 0.2) is 54.7 Å². The van der Waals surface area contributed by atoms with Crippen molar-refractivity contribution in [2.75, 3.05) is 17.2 Å². The molecule has 2 aliphatic rings. The molecule has 174 valence electrons. The molecular formula is C25H24N4O5. The van der Waals surface area contributed by atoms with Crippen molar-refractivity contribution in [1.82, 2.24) is 9.97 Å². The van der Waals surface area contributed by atoms with Gasteiger partial charge in [0.2, 0.25) is 0 Å². The van der Waals surface area contributed by atoms with Gasteiger partial charge >= 0.3 is 11.9 Å². The smallest absolute Gasteiger partial charge is 0.341 e. The number of rotatable bonds is 7. The zero-order chi connectivity index (χ0) is 23.7. The minimum atomic E-state index is -1.14. The van der Waals surface area contributed by atoms with E-state index in [4.69, 9.17) is 4.74 Å². The van der Waals surface area contributed by atoms with Crippen LogP contribution in [0, 0.1) is 0 Å². The van der Waals surface area contributed by atoms with E-state index in [1.165, 1.54) is 6.20 Å². The van der Waals surface area contributed by atoms with Crippen molar-refractivity contribution < 1.29 is 24.5 Å². The number of carboxylic acid groups (broad SMARTS) is 1. The van der Waals surface area contributed by atoms with Crippen LogP contribution in [-0.4, -0.2) is 38.7 Å². The molecule has 1 atom stereocenters. The quantitative estimate of drug-likeness (QED) is 0.386. The van der Waals surface area contributed by atoms with E-state index in [1.54, 1.807) is 18.2 Å². The number of anilines is 3. The normalized spacial score (nSPS) is 16.7. The zero-order valence-corrected chi connectivity index (χ0v) is 18.3. The molecule has 9 nitrogen and oxygen atoms in total. The van der Waals surface area contributed by atoms with Crippen molar-refractivity contribution in [2.24, 2.45) is 0 Å². The van der Waals surface area contributed by atoms with E-state index in [9.17, 15) is 19.8 Å². The Morgan fingerprint density at radius 3 is 2.59 bits per heavy atom. The zero-order valence-electron chi connectivity index (χ0n) is 18.3. The van der Waals surface area contributed by atoms with Crippen LogP contribution in [-0.2, 0) is 10.3 Å². The number of pyridine rings is 2. The second kappa shape index (κ2) is 8.75. The van der Waals surface area contributed by atoms with E-state index in [1.807, 2.05) is 30.3 Å². The summed E-state index contributed by atoms with van der Waals surface area (Å²) < 4.78 is 5.70. The highest BCUT2D eigenvalue weighted by atomic mass is 16.6. The minimum absolute atomic E-state index is 0.0225. The molecule has 1 spiro atoms. The van der Waals surface area contributed by atoms with Crippen LogP contribution in [0.5, 0.6) is 0 Å². The van der Waals surface area contributed by atoms with Crippen LogP contribution < -0.4 is 10.6 Å². The highest BCUT2D eigenvalue weighted by molar-refractivity contribution is 5.95. The highest BCUT2D eigenvalue weighted by Gasteiger charge is 2.48. The van der Waals surface area contributed by atoms with Gasteiger partial charge in [0.05, 0.1) is 23.9 Å². The van der Waals surface area contributed by atoms with Crippen molar-refractivity contribution in [2.45, 2.75) is 37.3 Å². The Morgan fingerprint density at radius 1 is 1.12 bits per heavy atom. The summed E-state index contributed by atoms with van der Waals surface area (Å²) in [6.07, 6.45) is 4.72. The monoisotopic (exact) mass is 460 g/mol. The molecule has 0 bridgehead atoms. The van der Waals surface area contributed by atoms with E-state index >= 15 is 0 Å². The van der Waals surface area contributed by atoms with Gasteiger partial charge in [0.1, 0.15) is 22.9 Å². The predicted octanol–water partition coefficient (Wildman–Crippen LogP) is 4.00. The fourth-order valence-corrected chi connectivity index (χ4v) is 4.66. The summed E-state index contributed by atoms with van der Waals surface area (Å²) in [4.78, 5) is 33.0. The molecule has 1 fully saturated rings. The maximum Gasteiger partial charge on any atom is 0.341 e. The first kappa shape index (κ1) is 21.8. The molecule has 3 heterocycles. The molecule has 1 unspecified atom stereocenters. The van der Waals surface area contributed by atoms with Crippen molar-refractivity contribution in [3.05, 3.63) is 77.1 Å². The van der Waals surface area contributed by atoms with Crippen molar-refractivity contribution in [1.29, 1.82) is 0 Å². The number of aromatic nitrogens is 2. The number of nitrogens with zero attached hydrogens (tertiary/aromatic N) is 2. The van der Waals surface area contributed by atoms with Crippen LogP contribution in [0.3, 0.4) is 0 Å². The van der Waals surface area contributed by atoms with Gasteiger partial charge in [0.25, 0.3) is 0 Å². The Labute approximate surface area is 195 Å². The van der Waals surface area contributed by atoms with Crippen LogP contribution in [0.4, 0.5) is 17.3 Å². The summed E-state index contributed by atoms with van der Waals surface area (Å²) in [5.74, 6) is -0.634. The molecule has 1 aliphatic carbocycles. The minimum Gasteiger partial charge on any atom is -0.478 e. The molecule has 2 aromatic heterocycles. The molecule has 1 saturated carbocycles. The topological polar surface area (TPSA) is 134 Å². The second-order valence-corrected chi connectivity index (χ2v) is 8.52. The number of carboxylic acids is 1. The number of hydrogen-bond acceptors (Lipinski definition) is 8. The van der Waals surface area contributed by atoms with Gasteiger partial charge in [0.15, 0.2) is 5.60 Å². The lowest BCUT2D eigenvalue weighted by atomic mass is 9.96. The average Bonchev–Trinajstić information content (AvgIpc) is 3.42. The summed E-state index contributed by atoms with van der Waals surface area (Å²) in [6.45, 7) is -0.226. The van der Waals surface area contributed by atoms with Crippen molar-refractivity contribution in [3.8, 4) is 0 Å². The molecular weight excluding hydrogens is 436 g/mol. The van der Waals surface area contributed by atoms with Gasteiger partial charge in [-0.1, -0.05) is 30.3 Å². The number of hydrogen-bond donors (Lipinski definition) is 4. The van der Waals surface area contributed by atoms with E-state index < -0.39 is 17.6 Å². The molecule has 9 heteroatoms. The summed E-state index contributed by atoms with van der Waals surface area (Å²) in [7, 11) is 0. The lowest BCUT2D eigenvalue weighted by Gasteiger charge is -2.22. The van der Waals surface area contributed by atoms with Gasteiger partial charge in [-0.2, -0.15) is 0 Å². The number of carbonyl (C=O) groups is 2. The Kier molecular flexibility index (Phi) is 5.62. The number of esters is 1. The second-order valence-electron chi connectivity index (χ2n) is 8.52. The summed E-state index contributed by atoms with van der Waals surface area (Å²) in [5, 5.41) is 25.7. The average molecular weight is 460 g/mol. The number of fused-ring (bicyclic) bond motifs is 2. The first-order valence-corrected chi connectivity index (χ1v) is 11.2. The van der Waals surface area contributed by atoms with Crippen LogP contribution in [0.2, 0.25) is 0 Å². The van der Waals surface area contributed by atoms with Gasteiger partial charge in [-0.05, 0) is 43.4 Å². The fourth-order valence-electron chi connectivity index (χ4n) is 4.66. The molecule has 1 aromatic carbocycles.